The van der Waals surface area contributed by atoms with E-state index in [9.17, 15) is 0 Å². The van der Waals surface area contributed by atoms with Crippen molar-refractivity contribution in [2.45, 2.75) is 38.8 Å². The summed E-state index contributed by atoms with van der Waals surface area (Å²) >= 11 is 0. The molecule has 0 saturated carbocycles. The summed E-state index contributed by atoms with van der Waals surface area (Å²) in [6, 6.07) is 8.98. The molecule has 1 unspecified atom stereocenters. The van der Waals surface area contributed by atoms with Gasteiger partial charge in [-0.1, -0.05) is 12.1 Å². The van der Waals surface area contributed by atoms with Gasteiger partial charge in [0.2, 0.25) is 0 Å². The van der Waals surface area contributed by atoms with E-state index in [1.807, 2.05) is 20.9 Å². The average molecular weight is 264 g/mol. The van der Waals surface area contributed by atoms with Crippen LogP contribution in [0.4, 0.5) is 0 Å². The SMILES string of the molecule is CNCCCC(c1ccc(OC(C)C)cc1)N(C)C. The lowest BCUT2D eigenvalue weighted by molar-refractivity contribution is 0.241. The number of hydrogen-bond donors (Lipinski definition) is 1. The first-order valence-corrected chi connectivity index (χ1v) is 7.12. The van der Waals surface area contributed by atoms with Crippen molar-refractivity contribution in [3.63, 3.8) is 0 Å². The Hall–Kier alpha value is -1.06. The smallest absolute Gasteiger partial charge is 0.119 e. The maximum Gasteiger partial charge on any atom is 0.119 e. The fraction of sp³-hybridized carbons (Fsp3) is 0.625. The predicted molar refractivity (Wildman–Crippen MR) is 81.8 cm³/mol. The van der Waals surface area contributed by atoms with Gasteiger partial charge in [-0.3, -0.25) is 0 Å². The fourth-order valence-electron chi connectivity index (χ4n) is 2.24. The highest BCUT2D eigenvalue weighted by Gasteiger charge is 2.13. The summed E-state index contributed by atoms with van der Waals surface area (Å²) in [6.45, 7) is 5.17. The van der Waals surface area contributed by atoms with Gasteiger partial charge in [0.15, 0.2) is 0 Å². The van der Waals surface area contributed by atoms with Crippen LogP contribution in [0, 0.1) is 0 Å². The summed E-state index contributed by atoms with van der Waals surface area (Å²) in [5, 5.41) is 3.21. The molecule has 0 fully saturated rings. The van der Waals surface area contributed by atoms with Gasteiger partial charge in [-0.25, -0.2) is 0 Å². The van der Waals surface area contributed by atoms with Crippen molar-refractivity contribution in [3.05, 3.63) is 29.8 Å². The van der Waals surface area contributed by atoms with Gasteiger partial charge in [-0.05, 0) is 72.1 Å². The Morgan fingerprint density at radius 1 is 1.16 bits per heavy atom. The van der Waals surface area contributed by atoms with Crippen LogP contribution >= 0.6 is 0 Å². The summed E-state index contributed by atoms with van der Waals surface area (Å²) in [4.78, 5) is 2.29. The van der Waals surface area contributed by atoms with Gasteiger partial charge in [0.05, 0.1) is 6.10 Å². The van der Waals surface area contributed by atoms with E-state index in [4.69, 9.17) is 4.74 Å². The minimum absolute atomic E-state index is 0.228. The number of nitrogens with zero attached hydrogens (tertiary/aromatic N) is 1. The van der Waals surface area contributed by atoms with Crippen molar-refractivity contribution < 1.29 is 4.74 Å². The van der Waals surface area contributed by atoms with Crippen LogP contribution in [-0.2, 0) is 0 Å². The molecule has 3 nitrogen and oxygen atoms in total. The van der Waals surface area contributed by atoms with Crippen molar-refractivity contribution in [3.8, 4) is 5.75 Å². The lowest BCUT2D eigenvalue weighted by Crippen LogP contribution is -2.21. The normalized spacial score (nSPS) is 13.0. The summed E-state index contributed by atoms with van der Waals surface area (Å²) in [7, 11) is 6.29. The largest absolute Gasteiger partial charge is 0.491 e. The van der Waals surface area contributed by atoms with Crippen LogP contribution in [0.3, 0.4) is 0 Å². The number of rotatable bonds is 8. The number of hydrogen-bond acceptors (Lipinski definition) is 3. The second kappa shape index (κ2) is 8.18. The molecule has 1 atom stereocenters. The molecule has 0 heterocycles. The molecule has 0 amide bonds. The van der Waals surface area contributed by atoms with Gasteiger partial charge in [-0.2, -0.15) is 0 Å². The molecule has 0 aromatic heterocycles. The Bertz CT molecular complexity index is 346. The van der Waals surface area contributed by atoms with E-state index >= 15 is 0 Å². The Morgan fingerprint density at radius 3 is 2.26 bits per heavy atom. The molecule has 0 bridgehead atoms. The van der Waals surface area contributed by atoms with E-state index < -0.39 is 0 Å². The van der Waals surface area contributed by atoms with E-state index in [1.54, 1.807) is 0 Å². The van der Waals surface area contributed by atoms with Crippen molar-refractivity contribution in [1.29, 1.82) is 0 Å². The molecule has 19 heavy (non-hydrogen) atoms. The lowest BCUT2D eigenvalue weighted by atomic mass is 10.0. The first-order chi connectivity index (χ1) is 9.04. The Labute approximate surface area is 118 Å². The zero-order chi connectivity index (χ0) is 14.3. The molecule has 1 rings (SSSR count). The predicted octanol–water partition coefficient (Wildman–Crippen LogP) is 3.08. The number of benzene rings is 1. The minimum atomic E-state index is 0.228. The Kier molecular flexibility index (Phi) is 6.89. The Balaban J connectivity index is 2.68. The molecule has 0 saturated heterocycles. The zero-order valence-corrected chi connectivity index (χ0v) is 12.9. The average Bonchev–Trinajstić information content (AvgIpc) is 2.35. The van der Waals surface area contributed by atoms with Crippen molar-refractivity contribution in [2.24, 2.45) is 0 Å². The first kappa shape index (κ1) is 16.0. The van der Waals surface area contributed by atoms with Crippen molar-refractivity contribution >= 4 is 0 Å². The summed E-state index contributed by atoms with van der Waals surface area (Å²) in [6.07, 6.45) is 2.58. The lowest BCUT2D eigenvalue weighted by Gasteiger charge is -2.25. The van der Waals surface area contributed by atoms with Crippen LogP contribution in [0.2, 0.25) is 0 Å². The maximum atomic E-state index is 5.68. The zero-order valence-electron chi connectivity index (χ0n) is 12.9. The first-order valence-electron chi connectivity index (χ1n) is 7.12. The van der Waals surface area contributed by atoms with E-state index in [-0.39, 0.29) is 6.10 Å². The van der Waals surface area contributed by atoms with Gasteiger partial charge in [0, 0.05) is 6.04 Å². The van der Waals surface area contributed by atoms with Crippen LogP contribution < -0.4 is 10.1 Å². The monoisotopic (exact) mass is 264 g/mol. The maximum absolute atomic E-state index is 5.68. The van der Waals surface area contributed by atoms with Crippen molar-refractivity contribution in [1.82, 2.24) is 10.2 Å². The van der Waals surface area contributed by atoms with E-state index in [1.165, 1.54) is 12.0 Å². The second-order valence-electron chi connectivity index (χ2n) is 5.46. The van der Waals surface area contributed by atoms with Crippen LogP contribution in [0.1, 0.15) is 38.3 Å². The van der Waals surface area contributed by atoms with Crippen LogP contribution in [0.15, 0.2) is 24.3 Å². The van der Waals surface area contributed by atoms with Crippen LogP contribution in [0.5, 0.6) is 5.75 Å². The third-order valence-electron chi connectivity index (χ3n) is 3.16. The molecular weight excluding hydrogens is 236 g/mol. The molecule has 0 radical (unpaired) electrons. The highest BCUT2D eigenvalue weighted by molar-refractivity contribution is 5.29. The summed E-state index contributed by atoms with van der Waals surface area (Å²) < 4.78 is 5.68. The van der Waals surface area contributed by atoms with Crippen LogP contribution in [-0.4, -0.2) is 38.7 Å². The van der Waals surface area contributed by atoms with E-state index in [0.717, 1.165) is 18.7 Å². The van der Waals surface area contributed by atoms with Gasteiger partial charge in [0.25, 0.3) is 0 Å². The molecule has 3 heteroatoms. The molecule has 0 aliphatic rings. The van der Waals surface area contributed by atoms with Gasteiger partial charge in [0.1, 0.15) is 5.75 Å². The number of nitrogens with one attached hydrogen (secondary N) is 1. The summed E-state index contributed by atoms with van der Waals surface area (Å²) in [5.41, 5.74) is 1.36. The van der Waals surface area contributed by atoms with Gasteiger partial charge < -0.3 is 15.0 Å². The fourth-order valence-corrected chi connectivity index (χ4v) is 2.24. The third-order valence-corrected chi connectivity index (χ3v) is 3.16. The minimum Gasteiger partial charge on any atom is -0.491 e. The molecule has 0 aliphatic heterocycles. The highest BCUT2D eigenvalue weighted by Crippen LogP contribution is 2.25. The molecule has 0 spiro atoms. The quantitative estimate of drug-likeness (QED) is 0.730. The molecule has 1 N–H and O–H groups in total. The third kappa shape index (κ3) is 5.62. The number of ether oxygens (including phenoxy) is 1. The molecule has 1 aromatic rings. The highest BCUT2D eigenvalue weighted by atomic mass is 16.5. The topological polar surface area (TPSA) is 24.5 Å². The van der Waals surface area contributed by atoms with E-state index in [2.05, 4.69) is 48.6 Å². The van der Waals surface area contributed by atoms with Crippen LogP contribution in [0.25, 0.3) is 0 Å². The van der Waals surface area contributed by atoms with E-state index in [0.29, 0.717) is 6.04 Å². The second-order valence-corrected chi connectivity index (χ2v) is 5.46. The standard InChI is InChI=1S/C16H28N2O/c1-13(2)19-15-10-8-14(9-11-15)16(18(4)5)7-6-12-17-3/h8-11,13,16-17H,6-7,12H2,1-5H3. The molecule has 108 valence electrons. The van der Waals surface area contributed by atoms with Crippen molar-refractivity contribution in [2.75, 3.05) is 27.7 Å². The Morgan fingerprint density at radius 2 is 1.79 bits per heavy atom. The summed E-state index contributed by atoms with van der Waals surface area (Å²) in [5.74, 6) is 0.950. The molecular formula is C16H28N2O. The molecule has 1 aromatic carbocycles. The molecule has 0 aliphatic carbocycles. The van der Waals surface area contributed by atoms with Gasteiger partial charge >= 0.3 is 0 Å². The van der Waals surface area contributed by atoms with Gasteiger partial charge in [-0.15, -0.1) is 0 Å².